The van der Waals surface area contributed by atoms with Gasteiger partial charge in [0.1, 0.15) is 0 Å². The quantitative estimate of drug-likeness (QED) is 0.384. The SMILES string of the molecule is CCCCCCOCCCCCCOS(C)(=O)=O. The van der Waals surface area contributed by atoms with Crippen LogP contribution in [0.3, 0.4) is 0 Å². The summed E-state index contributed by atoms with van der Waals surface area (Å²) in [7, 11) is -3.26. The minimum atomic E-state index is -3.26. The van der Waals surface area contributed by atoms with Crippen LogP contribution in [0.15, 0.2) is 0 Å². The summed E-state index contributed by atoms with van der Waals surface area (Å²) in [6, 6.07) is 0. The smallest absolute Gasteiger partial charge is 0.264 e. The standard InChI is InChI=1S/C13H28O4S/c1-3-4-5-8-11-16-12-9-6-7-10-13-17-18(2,14)15/h3-13H2,1-2H3. The molecule has 0 bridgehead atoms. The van der Waals surface area contributed by atoms with Gasteiger partial charge in [-0.05, 0) is 19.3 Å². The predicted octanol–water partition coefficient (Wildman–Crippen LogP) is 3.12. The monoisotopic (exact) mass is 280 g/mol. The molecule has 0 atom stereocenters. The first-order valence-electron chi connectivity index (χ1n) is 6.98. The number of hydrogen-bond donors (Lipinski definition) is 0. The van der Waals surface area contributed by atoms with Crippen LogP contribution in [0.2, 0.25) is 0 Å². The van der Waals surface area contributed by atoms with Gasteiger partial charge in [-0.1, -0.05) is 39.0 Å². The molecular weight excluding hydrogens is 252 g/mol. The Labute approximate surface area is 112 Å². The van der Waals surface area contributed by atoms with Gasteiger partial charge in [0, 0.05) is 13.2 Å². The van der Waals surface area contributed by atoms with Crippen molar-refractivity contribution in [3.63, 3.8) is 0 Å². The average molecular weight is 280 g/mol. The zero-order valence-corrected chi connectivity index (χ0v) is 12.6. The van der Waals surface area contributed by atoms with E-state index in [-0.39, 0.29) is 0 Å². The number of unbranched alkanes of at least 4 members (excludes halogenated alkanes) is 6. The van der Waals surface area contributed by atoms with E-state index in [0.717, 1.165) is 51.6 Å². The fraction of sp³-hybridized carbons (Fsp3) is 1.00. The molecule has 0 heterocycles. The molecule has 0 aliphatic carbocycles. The first-order valence-corrected chi connectivity index (χ1v) is 8.80. The minimum absolute atomic E-state index is 0.302. The van der Waals surface area contributed by atoms with Crippen LogP contribution in [0.5, 0.6) is 0 Å². The highest BCUT2D eigenvalue weighted by Gasteiger charge is 2.00. The maximum Gasteiger partial charge on any atom is 0.264 e. The molecule has 0 rings (SSSR count). The van der Waals surface area contributed by atoms with Gasteiger partial charge < -0.3 is 4.74 Å². The minimum Gasteiger partial charge on any atom is -0.381 e. The normalized spacial score (nSPS) is 11.9. The first-order chi connectivity index (χ1) is 8.56. The van der Waals surface area contributed by atoms with Gasteiger partial charge in [0.2, 0.25) is 0 Å². The number of rotatable bonds is 13. The molecule has 0 aliphatic heterocycles. The molecule has 110 valence electrons. The molecule has 0 fully saturated rings. The Morgan fingerprint density at radius 1 is 0.778 bits per heavy atom. The third-order valence-electron chi connectivity index (χ3n) is 2.62. The van der Waals surface area contributed by atoms with E-state index in [0.29, 0.717) is 6.61 Å². The lowest BCUT2D eigenvalue weighted by Crippen LogP contribution is -2.04. The van der Waals surface area contributed by atoms with E-state index >= 15 is 0 Å². The predicted molar refractivity (Wildman–Crippen MR) is 74.2 cm³/mol. The zero-order valence-electron chi connectivity index (χ0n) is 11.8. The van der Waals surface area contributed by atoms with Gasteiger partial charge in [-0.25, -0.2) is 0 Å². The summed E-state index contributed by atoms with van der Waals surface area (Å²) in [6.07, 6.45) is 9.97. The first kappa shape index (κ1) is 17.9. The second kappa shape index (κ2) is 11.9. The molecule has 0 N–H and O–H groups in total. The largest absolute Gasteiger partial charge is 0.381 e. The second-order valence-corrected chi connectivity index (χ2v) is 6.26. The molecule has 0 aromatic carbocycles. The van der Waals surface area contributed by atoms with Crippen LogP contribution in [-0.4, -0.2) is 34.5 Å². The third kappa shape index (κ3) is 15.9. The summed E-state index contributed by atoms with van der Waals surface area (Å²) in [5.41, 5.74) is 0. The zero-order chi connectivity index (χ0) is 13.7. The lowest BCUT2D eigenvalue weighted by molar-refractivity contribution is 0.125. The Balaban J connectivity index is 3.03. The number of hydrogen-bond acceptors (Lipinski definition) is 4. The summed E-state index contributed by atoms with van der Waals surface area (Å²) in [4.78, 5) is 0. The van der Waals surface area contributed by atoms with Crippen molar-refractivity contribution in [2.45, 2.75) is 58.3 Å². The summed E-state index contributed by atoms with van der Waals surface area (Å²) in [5.74, 6) is 0. The van der Waals surface area contributed by atoms with Crippen LogP contribution in [0.1, 0.15) is 58.3 Å². The summed E-state index contributed by atoms with van der Waals surface area (Å²) in [6.45, 7) is 4.20. The van der Waals surface area contributed by atoms with Gasteiger partial charge in [-0.15, -0.1) is 0 Å². The lowest BCUT2D eigenvalue weighted by Gasteiger charge is -2.04. The maximum absolute atomic E-state index is 10.7. The van der Waals surface area contributed by atoms with Crippen molar-refractivity contribution >= 4 is 10.1 Å². The van der Waals surface area contributed by atoms with E-state index in [9.17, 15) is 8.42 Å². The van der Waals surface area contributed by atoms with E-state index in [2.05, 4.69) is 11.1 Å². The van der Waals surface area contributed by atoms with Crippen molar-refractivity contribution in [3.05, 3.63) is 0 Å². The van der Waals surface area contributed by atoms with Crippen LogP contribution in [0.25, 0.3) is 0 Å². The molecule has 18 heavy (non-hydrogen) atoms. The molecule has 0 saturated carbocycles. The molecule has 0 radical (unpaired) electrons. The fourth-order valence-corrected chi connectivity index (χ4v) is 2.02. The summed E-state index contributed by atoms with van der Waals surface area (Å²) < 4.78 is 31.5. The highest BCUT2D eigenvalue weighted by Crippen LogP contribution is 2.03. The van der Waals surface area contributed by atoms with Crippen molar-refractivity contribution in [2.24, 2.45) is 0 Å². The Kier molecular flexibility index (Phi) is 11.8. The molecular formula is C13H28O4S. The second-order valence-electron chi connectivity index (χ2n) is 4.61. The molecule has 0 amide bonds. The molecule has 0 saturated heterocycles. The van der Waals surface area contributed by atoms with E-state index < -0.39 is 10.1 Å². The van der Waals surface area contributed by atoms with Crippen molar-refractivity contribution in [3.8, 4) is 0 Å². The fourth-order valence-electron chi connectivity index (χ4n) is 1.60. The molecule has 5 heteroatoms. The van der Waals surface area contributed by atoms with Crippen LogP contribution < -0.4 is 0 Å². The lowest BCUT2D eigenvalue weighted by atomic mass is 10.2. The van der Waals surface area contributed by atoms with Gasteiger partial charge in [0.25, 0.3) is 10.1 Å². The Morgan fingerprint density at radius 2 is 1.28 bits per heavy atom. The highest BCUT2D eigenvalue weighted by atomic mass is 32.2. The third-order valence-corrected chi connectivity index (χ3v) is 3.22. The van der Waals surface area contributed by atoms with Gasteiger partial charge in [0.05, 0.1) is 12.9 Å². The highest BCUT2D eigenvalue weighted by molar-refractivity contribution is 7.85. The van der Waals surface area contributed by atoms with E-state index in [1.165, 1.54) is 19.3 Å². The van der Waals surface area contributed by atoms with Gasteiger partial charge in [-0.2, -0.15) is 8.42 Å². The maximum atomic E-state index is 10.7. The molecule has 4 nitrogen and oxygen atoms in total. The van der Waals surface area contributed by atoms with Gasteiger partial charge in [-0.3, -0.25) is 4.18 Å². The van der Waals surface area contributed by atoms with E-state index in [4.69, 9.17) is 4.74 Å². The van der Waals surface area contributed by atoms with Crippen LogP contribution in [0.4, 0.5) is 0 Å². The molecule has 0 spiro atoms. The Hall–Kier alpha value is -0.130. The van der Waals surface area contributed by atoms with Crippen LogP contribution in [-0.2, 0) is 19.0 Å². The van der Waals surface area contributed by atoms with Crippen molar-refractivity contribution < 1.29 is 17.3 Å². The van der Waals surface area contributed by atoms with E-state index in [1.54, 1.807) is 0 Å². The molecule has 0 aromatic heterocycles. The van der Waals surface area contributed by atoms with Crippen molar-refractivity contribution in [1.82, 2.24) is 0 Å². The molecule has 0 unspecified atom stereocenters. The average Bonchev–Trinajstić information content (AvgIpc) is 2.29. The van der Waals surface area contributed by atoms with Gasteiger partial charge in [0.15, 0.2) is 0 Å². The number of ether oxygens (including phenoxy) is 1. The summed E-state index contributed by atoms with van der Waals surface area (Å²) >= 11 is 0. The van der Waals surface area contributed by atoms with Crippen molar-refractivity contribution in [2.75, 3.05) is 26.1 Å². The van der Waals surface area contributed by atoms with Crippen molar-refractivity contribution in [1.29, 1.82) is 0 Å². The summed E-state index contributed by atoms with van der Waals surface area (Å²) in [5, 5.41) is 0. The van der Waals surface area contributed by atoms with E-state index in [1.807, 2.05) is 0 Å². The Morgan fingerprint density at radius 3 is 1.78 bits per heavy atom. The van der Waals surface area contributed by atoms with Crippen LogP contribution >= 0.6 is 0 Å². The molecule has 0 aromatic rings. The van der Waals surface area contributed by atoms with Crippen LogP contribution in [0, 0.1) is 0 Å². The topological polar surface area (TPSA) is 52.6 Å². The molecule has 0 aliphatic rings. The Bertz CT molecular complexity index is 262. The van der Waals surface area contributed by atoms with Gasteiger partial charge >= 0.3 is 0 Å².